The minimum atomic E-state index is -0.0924. The van der Waals surface area contributed by atoms with Gasteiger partial charge in [0.2, 0.25) is 0 Å². The molecule has 0 unspecified atom stereocenters. The average molecular weight is 365 g/mol. The molecule has 0 radical (unpaired) electrons. The topological polar surface area (TPSA) is 54.1 Å². The molecule has 0 fully saturated rings. The summed E-state index contributed by atoms with van der Waals surface area (Å²) in [6, 6.07) is 9.80. The van der Waals surface area contributed by atoms with E-state index in [2.05, 4.69) is 33.2 Å². The van der Waals surface area contributed by atoms with Crippen LogP contribution in [0.1, 0.15) is 35.8 Å². The van der Waals surface area contributed by atoms with Crippen molar-refractivity contribution in [2.24, 2.45) is 0 Å². The Labute approximate surface area is 139 Å². The van der Waals surface area contributed by atoms with Gasteiger partial charge in [-0.3, -0.25) is 4.79 Å². The minimum absolute atomic E-state index is 0.0924. The van der Waals surface area contributed by atoms with Gasteiger partial charge in [-0.1, -0.05) is 25.5 Å². The fourth-order valence-corrected chi connectivity index (χ4v) is 2.34. The molecule has 1 amide bonds. The van der Waals surface area contributed by atoms with Gasteiger partial charge >= 0.3 is 0 Å². The van der Waals surface area contributed by atoms with Crippen LogP contribution in [0.4, 0.5) is 0 Å². The second-order valence-corrected chi connectivity index (χ2v) is 6.00. The molecule has 1 aromatic carbocycles. The fourth-order valence-electron chi connectivity index (χ4n) is 2.00. The number of aromatic nitrogens is 1. The molecule has 2 N–H and O–H groups in total. The third-order valence-electron chi connectivity index (χ3n) is 3.28. The van der Waals surface area contributed by atoms with Crippen molar-refractivity contribution < 1.29 is 9.53 Å². The van der Waals surface area contributed by atoms with Crippen molar-refractivity contribution in [1.29, 1.82) is 0 Å². The summed E-state index contributed by atoms with van der Waals surface area (Å²) in [5.41, 5.74) is 1.74. The Kier molecular flexibility index (Phi) is 6.52. The maximum Gasteiger partial charge on any atom is 0.267 e. The number of hydrogen-bond donors (Lipinski definition) is 2. The van der Waals surface area contributed by atoms with E-state index in [4.69, 9.17) is 4.74 Å². The number of ether oxygens (including phenoxy) is 1. The van der Waals surface area contributed by atoms with Gasteiger partial charge in [-0.25, -0.2) is 0 Å². The molecule has 5 heteroatoms. The van der Waals surface area contributed by atoms with E-state index in [1.54, 1.807) is 12.3 Å². The van der Waals surface area contributed by atoms with E-state index in [1.807, 2.05) is 24.3 Å². The van der Waals surface area contributed by atoms with Crippen molar-refractivity contribution >= 4 is 21.8 Å². The van der Waals surface area contributed by atoms with E-state index in [1.165, 1.54) is 5.56 Å². The Hall–Kier alpha value is -1.75. The Bertz CT molecular complexity index is 593. The zero-order valence-electron chi connectivity index (χ0n) is 12.7. The number of hydrogen-bond acceptors (Lipinski definition) is 2. The van der Waals surface area contributed by atoms with Crippen LogP contribution in [-0.2, 0) is 6.42 Å². The highest BCUT2D eigenvalue weighted by Crippen LogP contribution is 2.13. The number of nitrogens with one attached hydrogen (secondary N) is 2. The Morgan fingerprint density at radius 1 is 1.32 bits per heavy atom. The van der Waals surface area contributed by atoms with Gasteiger partial charge in [0.1, 0.15) is 11.4 Å². The molecule has 0 atom stereocenters. The Morgan fingerprint density at radius 3 is 2.73 bits per heavy atom. The van der Waals surface area contributed by atoms with Crippen molar-refractivity contribution in [3.8, 4) is 5.75 Å². The van der Waals surface area contributed by atoms with Crippen molar-refractivity contribution in [2.45, 2.75) is 26.2 Å². The highest BCUT2D eigenvalue weighted by molar-refractivity contribution is 9.10. The normalized spacial score (nSPS) is 10.5. The summed E-state index contributed by atoms with van der Waals surface area (Å²) < 4.78 is 6.50. The zero-order valence-corrected chi connectivity index (χ0v) is 14.3. The molecule has 0 aliphatic carbocycles. The molecule has 2 rings (SSSR count). The largest absolute Gasteiger partial charge is 0.494 e. The fraction of sp³-hybridized carbons (Fsp3) is 0.353. The average Bonchev–Trinajstić information content (AvgIpc) is 2.96. The Morgan fingerprint density at radius 2 is 2.09 bits per heavy atom. The molecular formula is C17H21BrN2O2. The lowest BCUT2D eigenvalue weighted by Crippen LogP contribution is -2.25. The molecule has 1 aromatic heterocycles. The number of carbonyl (C=O) groups is 1. The van der Waals surface area contributed by atoms with Crippen molar-refractivity contribution in [1.82, 2.24) is 10.3 Å². The minimum Gasteiger partial charge on any atom is -0.494 e. The maximum atomic E-state index is 11.9. The van der Waals surface area contributed by atoms with E-state index < -0.39 is 0 Å². The van der Waals surface area contributed by atoms with Crippen LogP contribution in [0.2, 0.25) is 0 Å². The summed E-state index contributed by atoms with van der Waals surface area (Å²) in [7, 11) is 0. The van der Waals surface area contributed by atoms with Crippen molar-refractivity contribution in [3.63, 3.8) is 0 Å². The number of aromatic amines is 1. The van der Waals surface area contributed by atoms with E-state index in [-0.39, 0.29) is 5.91 Å². The first-order chi connectivity index (χ1) is 10.7. The monoisotopic (exact) mass is 364 g/mol. The highest BCUT2D eigenvalue weighted by atomic mass is 79.9. The summed E-state index contributed by atoms with van der Waals surface area (Å²) in [6.07, 6.45) is 4.74. The van der Waals surface area contributed by atoms with Gasteiger partial charge in [-0.05, 0) is 52.5 Å². The zero-order chi connectivity index (χ0) is 15.8. The van der Waals surface area contributed by atoms with Crippen LogP contribution in [0, 0.1) is 0 Å². The Balaban J connectivity index is 1.73. The van der Waals surface area contributed by atoms with Crippen LogP contribution in [0.15, 0.2) is 41.0 Å². The second kappa shape index (κ2) is 8.63. The van der Waals surface area contributed by atoms with Crippen LogP contribution in [-0.4, -0.2) is 24.0 Å². The number of H-pyrrole nitrogens is 1. The molecule has 2 aromatic rings. The standard InChI is InChI=1S/C17H21BrN2O2/c1-2-3-10-22-15-6-4-13(5-7-15)8-9-19-17(21)16-11-14(18)12-20-16/h4-7,11-12,20H,2-3,8-10H2,1H3,(H,19,21). The predicted octanol–water partition coefficient (Wildman–Crippen LogP) is 3.93. The lowest BCUT2D eigenvalue weighted by molar-refractivity contribution is 0.0950. The van der Waals surface area contributed by atoms with Gasteiger partial charge in [0.15, 0.2) is 0 Å². The lowest BCUT2D eigenvalue weighted by Gasteiger charge is -2.07. The van der Waals surface area contributed by atoms with E-state index in [9.17, 15) is 4.79 Å². The first kappa shape index (κ1) is 16.6. The third kappa shape index (κ3) is 5.22. The first-order valence-corrected chi connectivity index (χ1v) is 8.32. The van der Waals surface area contributed by atoms with E-state index in [0.29, 0.717) is 12.2 Å². The van der Waals surface area contributed by atoms with Gasteiger partial charge in [0.25, 0.3) is 5.91 Å². The number of unbranched alkanes of at least 4 members (excludes halogenated alkanes) is 1. The summed E-state index contributed by atoms with van der Waals surface area (Å²) in [5.74, 6) is 0.808. The predicted molar refractivity (Wildman–Crippen MR) is 91.4 cm³/mol. The molecule has 0 saturated heterocycles. The number of halogens is 1. The molecule has 0 saturated carbocycles. The van der Waals surface area contributed by atoms with Gasteiger partial charge < -0.3 is 15.0 Å². The highest BCUT2D eigenvalue weighted by Gasteiger charge is 2.06. The lowest BCUT2D eigenvalue weighted by atomic mass is 10.1. The number of benzene rings is 1. The third-order valence-corrected chi connectivity index (χ3v) is 3.74. The molecule has 0 aliphatic rings. The van der Waals surface area contributed by atoms with Gasteiger partial charge in [0, 0.05) is 17.2 Å². The second-order valence-electron chi connectivity index (χ2n) is 5.08. The van der Waals surface area contributed by atoms with Gasteiger partial charge in [-0.2, -0.15) is 0 Å². The molecule has 22 heavy (non-hydrogen) atoms. The van der Waals surface area contributed by atoms with E-state index in [0.717, 1.165) is 36.1 Å². The summed E-state index contributed by atoms with van der Waals surface area (Å²) in [6.45, 7) is 3.51. The smallest absolute Gasteiger partial charge is 0.267 e. The summed E-state index contributed by atoms with van der Waals surface area (Å²) in [4.78, 5) is 14.8. The van der Waals surface area contributed by atoms with Crippen molar-refractivity contribution in [2.75, 3.05) is 13.2 Å². The summed E-state index contributed by atoms with van der Waals surface area (Å²) >= 11 is 3.31. The van der Waals surface area contributed by atoms with Gasteiger partial charge in [0.05, 0.1) is 6.61 Å². The molecule has 1 heterocycles. The van der Waals surface area contributed by atoms with Crippen LogP contribution in [0.25, 0.3) is 0 Å². The van der Waals surface area contributed by atoms with Gasteiger partial charge in [-0.15, -0.1) is 0 Å². The number of carbonyl (C=O) groups excluding carboxylic acids is 1. The quantitative estimate of drug-likeness (QED) is 0.697. The molecule has 0 aliphatic heterocycles. The van der Waals surface area contributed by atoms with Crippen LogP contribution >= 0.6 is 15.9 Å². The van der Waals surface area contributed by atoms with E-state index >= 15 is 0 Å². The molecule has 4 nitrogen and oxygen atoms in total. The molecule has 0 bridgehead atoms. The molecule has 118 valence electrons. The van der Waals surface area contributed by atoms with Crippen LogP contribution in [0.5, 0.6) is 5.75 Å². The number of rotatable bonds is 8. The maximum absolute atomic E-state index is 11.9. The first-order valence-electron chi connectivity index (χ1n) is 7.53. The SMILES string of the molecule is CCCCOc1ccc(CCNC(=O)c2cc(Br)c[nH]2)cc1. The van der Waals surface area contributed by atoms with Crippen molar-refractivity contribution in [3.05, 3.63) is 52.3 Å². The van der Waals surface area contributed by atoms with Crippen LogP contribution < -0.4 is 10.1 Å². The summed E-state index contributed by atoms with van der Waals surface area (Å²) in [5, 5.41) is 2.90. The number of amides is 1. The molecular weight excluding hydrogens is 344 g/mol. The van der Waals surface area contributed by atoms with Crippen LogP contribution in [0.3, 0.4) is 0 Å². The molecule has 0 spiro atoms.